The average molecular weight is 304 g/mol. The summed E-state index contributed by atoms with van der Waals surface area (Å²) in [6.07, 6.45) is 10.4. The van der Waals surface area contributed by atoms with Crippen molar-refractivity contribution < 1.29 is 28.3 Å². The second-order valence-corrected chi connectivity index (χ2v) is 5.71. The number of unbranched alkanes of at least 4 members (excludes halogenated alkanes) is 7. The first-order chi connectivity index (χ1) is 8.54. The van der Waals surface area contributed by atoms with E-state index in [9.17, 15) is 9.13 Å². The van der Waals surface area contributed by atoms with Gasteiger partial charge in [0.2, 0.25) is 0 Å². The molecule has 18 heavy (non-hydrogen) atoms. The van der Waals surface area contributed by atoms with Crippen LogP contribution in [0.5, 0.6) is 0 Å². The van der Waals surface area contributed by atoms with Crippen LogP contribution in [0.25, 0.3) is 0 Å². The summed E-state index contributed by atoms with van der Waals surface area (Å²) in [6.45, 7) is 2.61. The topological polar surface area (TPSA) is 104 Å². The number of aliphatic hydroxyl groups excluding tert-OH is 1. The molecule has 0 saturated heterocycles. The summed E-state index contributed by atoms with van der Waals surface area (Å²) in [7, 11) is -6.40. The van der Waals surface area contributed by atoms with Gasteiger partial charge in [0.05, 0.1) is 0 Å². The molecule has 0 bridgehead atoms. The molecule has 0 aliphatic heterocycles. The molecule has 0 saturated carbocycles. The van der Waals surface area contributed by atoms with Gasteiger partial charge in [0, 0.05) is 6.61 Å². The first-order valence-corrected chi connectivity index (χ1v) is 8.81. The Morgan fingerprint density at radius 2 is 1.22 bits per heavy atom. The fraction of sp³-hybridized carbons (Fsp3) is 1.00. The van der Waals surface area contributed by atoms with Crippen molar-refractivity contribution in [2.45, 2.75) is 58.3 Å². The SMILES string of the molecule is CCCCCCCCCCO.O=[PH](O)O[PH](=O)O. The Bertz CT molecular complexity index is 193. The molecule has 3 N–H and O–H groups in total. The van der Waals surface area contributed by atoms with E-state index in [1.807, 2.05) is 0 Å². The van der Waals surface area contributed by atoms with Gasteiger partial charge in [0.1, 0.15) is 0 Å². The van der Waals surface area contributed by atoms with Gasteiger partial charge >= 0.3 is 16.5 Å². The Balaban J connectivity index is 0. The Kier molecular flexibility index (Phi) is 19.8. The summed E-state index contributed by atoms with van der Waals surface area (Å²) in [5.41, 5.74) is 0. The average Bonchev–Trinajstić information content (AvgIpc) is 2.27. The highest BCUT2D eigenvalue weighted by molar-refractivity contribution is 7.46. The molecule has 0 spiro atoms. The van der Waals surface area contributed by atoms with Crippen molar-refractivity contribution in [3.8, 4) is 0 Å². The first-order valence-electron chi connectivity index (χ1n) is 6.29. The number of hydrogen-bond acceptors (Lipinski definition) is 4. The lowest BCUT2D eigenvalue weighted by molar-refractivity contribution is 0.282. The van der Waals surface area contributed by atoms with Gasteiger partial charge in [-0.1, -0.05) is 51.9 Å². The molecule has 0 aromatic heterocycles. The van der Waals surface area contributed by atoms with Crippen molar-refractivity contribution in [3.05, 3.63) is 0 Å². The fourth-order valence-electron chi connectivity index (χ4n) is 1.32. The maximum absolute atomic E-state index is 9.44. The van der Waals surface area contributed by atoms with E-state index in [1.165, 1.54) is 44.9 Å². The van der Waals surface area contributed by atoms with Gasteiger partial charge in [-0.15, -0.1) is 0 Å². The third-order valence-electron chi connectivity index (χ3n) is 2.19. The third kappa shape index (κ3) is 25.2. The summed E-state index contributed by atoms with van der Waals surface area (Å²) in [5.74, 6) is 0. The molecular weight excluding hydrogens is 278 g/mol. The van der Waals surface area contributed by atoms with Crippen molar-refractivity contribution >= 4 is 16.5 Å². The van der Waals surface area contributed by atoms with Crippen LogP contribution in [0.4, 0.5) is 0 Å². The third-order valence-corrected chi connectivity index (χ3v) is 3.58. The molecule has 0 aromatic rings. The van der Waals surface area contributed by atoms with E-state index in [4.69, 9.17) is 14.9 Å². The molecule has 0 aliphatic carbocycles. The number of rotatable bonds is 10. The maximum atomic E-state index is 9.44. The summed E-state index contributed by atoms with van der Waals surface area (Å²) in [6, 6.07) is 0. The van der Waals surface area contributed by atoms with Crippen LogP contribution >= 0.6 is 16.5 Å². The second kappa shape index (κ2) is 17.3. The van der Waals surface area contributed by atoms with Gasteiger partial charge in [-0.2, -0.15) is 0 Å². The maximum Gasteiger partial charge on any atom is 0.323 e. The fourth-order valence-corrected chi connectivity index (χ4v) is 1.92. The Hall–Kier alpha value is 0.300. The normalized spacial score (nSPS) is 13.6. The van der Waals surface area contributed by atoms with Gasteiger partial charge < -0.3 is 14.9 Å². The Morgan fingerprint density at radius 3 is 1.50 bits per heavy atom. The monoisotopic (exact) mass is 304 g/mol. The van der Waals surface area contributed by atoms with Crippen molar-refractivity contribution in [3.63, 3.8) is 0 Å². The molecule has 0 radical (unpaired) electrons. The predicted molar refractivity (Wildman–Crippen MR) is 73.2 cm³/mol. The molecule has 2 atom stereocenters. The lowest BCUT2D eigenvalue weighted by Gasteiger charge is -1.98. The smallest absolute Gasteiger partial charge is 0.323 e. The highest BCUT2D eigenvalue weighted by Gasteiger charge is 1.93. The van der Waals surface area contributed by atoms with Crippen molar-refractivity contribution in [1.82, 2.24) is 0 Å². The van der Waals surface area contributed by atoms with Gasteiger partial charge in [-0.3, -0.25) is 9.13 Å². The molecule has 0 rings (SSSR count). The standard InChI is InChI=1S/C10H22O.H4O5P2/c1-2-3-4-5-6-7-8-9-10-11;1-6(2)5-7(3)4/h11H,2-10H2,1H3;6-7H,(H,1,2)(H,3,4). The molecule has 112 valence electrons. The largest absolute Gasteiger partial charge is 0.396 e. The zero-order chi connectivity index (χ0) is 14.2. The minimum atomic E-state index is -3.20. The zero-order valence-electron chi connectivity index (χ0n) is 10.9. The predicted octanol–water partition coefficient (Wildman–Crippen LogP) is 2.89. The molecule has 2 unspecified atom stereocenters. The minimum Gasteiger partial charge on any atom is -0.396 e. The van der Waals surface area contributed by atoms with Crippen LogP contribution in [-0.2, 0) is 13.4 Å². The van der Waals surface area contributed by atoms with E-state index in [-0.39, 0.29) is 0 Å². The molecule has 0 fully saturated rings. The zero-order valence-corrected chi connectivity index (χ0v) is 12.9. The van der Waals surface area contributed by atoms with Crippen LogP contribution in [0.3, 0.4) is 0 Å². The minimum absolute atomic E-state index is 0.370. The van der Waals surface area contributed by atoms with E-state index in [1.54, 1.807) is 0 Å². The first kappa shape index (κ1) is 20.6. The van der Waals surface area contributed by atoms with Gasteiger partial charge in [-0.25, -0.2) is 4.31 Å². The van der Waals surface area contributed by atoms with E-state index in [2.05, 4.69) is 11.2 Å². The van der Waals surface area contributed by atoms with Gasteiger partial charge in [0.15, 0.2) is 0 Å². The van der Waals surface area contributed by atoms with Crippen molar-refractivity contribution in [2.75, 3.05) is 6.61 Å². The highest BCUT2D eigenvalue weighted by atomic mass is 31.2. The van der Waals surface area contributed by atoms with E-state index >= 15 is 0 Å². The van der Waals surface area contributed by atoms with Crippen LogP contribution in [0.15, 0.2) is 0 Å². The second-order valence-electron chi connectivity index (χ2n) is 3.83. The summed E-state index contributed by atoms with van der Waals surface area (Å²) >= 11 is 0. The van der Waals surface area contributed by atoms with Crippen LogP contribution < -0.4 is 0 Å². The van der Waals surface area contributed by atoms with Crippen LogP contribution in [-0.4, -0.2) is 21.5 Å². The quantitative estimate of drug-likeness (QED) is 0.423. The van der Waals surface area contributed by atoms with E-state index in [0.29, 0.717) is 6.61 Å². The van der Waals surface area contributed by atoms with Gasteiger partial charge in [0.25, 0.3) is 0 Å². The molecule has 6 nitrogen and oxygen atoms in total. The number of aliphatic hydroxyl groups is 1. The van der Waals surface area contributed by atoms with Crippen LogP contribution in [0.2, 0.25) is 0 Å². The number of hydrogen-bond donors (Lipinski definition) is 3. The molecule has 0 heterocycles. The Morgan fingerprint density at radius 1 is 0.833 bits per heavy atom. The van der Waals surface area contributed by atoms with Crippen molar-refractivity contribution in [1.29, 1.82) is 0 Å². The molecule has 0 aromatic carbocycles. The van der Waals surface area contributed by atoms with Crippen LogP contribution in [0, 0.1) is 0 Å². The van der Waals surface area contributed by atoms with Crippen LogP contribution in [0.1, 0.15) is 58.3 Å². The summed E-state index contributed by atoms with van der Waals surface area (Å²) in [5, 5.41) is 8.51. The summed E-state index contributed by atoms with van der Waals surface area (Å²) < 4.78 is 22.3. The van der Waals surface area contributed by atoms with E-state index in [0.717, 1.165) is 6.42 Å². The van der Waals surface area contributed by atoms with E-state index < -0.39 is 16.5 Å². The summed E-state index contributed by atoms with van der Waals surface area (Å²) in [4.78, 5) is 15.4. The lowest BCUT2D eigenvalue weighted by atomic mass is 10.1. The van der Waals surface area contributed by atoms with Gasteiger partial charge in [-0.05, 0) is 6.42 Å². The molecule has 0 aliphatic rings. The molecule has 8 heteroatoms. The Labute approximate surface area is 110 Å². The lowest BCUT2D eigenvalue weighted by Crippen LogP contribution is -1.83. The highest BCUT2D eigenvalue weighted by Crippen LogP contribution is 2.30. The molecule has 0 amide bonds. The van der Waals surface area contributed by atoms with Crippen molar-refractivity contribution in [2.24, 2.45) is 0 Å². The molecular formula is C10H26O6P2.